The van der Waals surface area contributed by atoms with Gasteiger partial charge < -0.3 is 24.1 Å². The first-order chi connectivity index (χ1) is 16.4. The highest BCUT2D eigenvalue weighted by molar-refractivity contribution is 7.13. The number of nitrogens with one attached hydrogen (secondary N) is 1. The Balaban J connectivity index is 1.38. The minimum atomic E-state index is -1.71. The second-order valence-corrected chi connectivity index (χ2v) is 9.27. The molecule has 176 valence electrons. The van der Waals surface area contributed by atoms with Gasteiger partial charge in [0.2, 0.25) is 28.9 Å². The molecule has 1 aromatic carbocycles. The molecular weight excluding hydrogens is 482 g/mol. The van der Waals surface area contributed by atoms with E-state index in [0.717, 1.165) is 4.88 Å². The topological polar surface area (TPSA) is 113 Å². The van der Waals surface area contributed by atoms with Crippen LogP contribution in [0, 0.1) is 5.92 Å². The smallest absolute Gasteiger partial charge is 0.246 e. The molecule has 0 radical (unpaired) electrons. The Morgan fingerprint density at radius 3 is 2.76 bits per heavy atom. The lowest BCUT2D eigenvalue weighted by Crippen LogP contribution is -2.55. The molecule has 1 aliphatic heterocycles. The van der Waals surface area contributed by atoms with E-state index in [1.54, 1.807) is 6.92 Å². The summed E-state index contributed by atoms with van der Waals surface area (Å²) in [5.74, 6) is 0.0847. The monoisotopic (exact) mass is 501 g/mol. The Morgan fingerprint density at radius 1 is 1.29 bits per heavy atom. The number of carbonyl (C=O) groups excluding carboxylic acids is 2. The van der Waals surface area contributed by atoms with Gasteiger partial charge in [0.15, 0.2) is 5.75 Å². The summed E-state index contributed by atoms with van der Waals surface area (Å²) in [6, 6.07) is 5.33. The number of nitrogens with zero attached hydrogens (tertiary/aromatic N) is 2. The van der Waals surface area contributed by atoms with Crippen molar-refractivity contribution in [3.05, 3.63) is 51.8 Å². The van der Waals surface area contributed by atoms with Crippen molar-refractivity contribution < 1.29 is 28.3 Å². The standard InChI is InChI=1S/C23H20ClN3O6S/c1-11-7-12(25-10-17-26-22(27-33-17)15-5-4-6-34-15)8-16(28)23(11)21(29)18-13(30-2)9-14(31-3)19(24)20(18)32-23/h4-6,8-9,11,25H,7,10H2,1-3H3/t11-,23+/m1/s1. The number of rotatable bonds is 6. The fourth-order valence-corrected chi connectivity index (χ4v) is 5.19. The number of hydrogen-bond acceptors (Lipinski definition) is 10. The normalized spacial score (nSPS) is 21.3. The third-order valence-corrected chi connectivity index (χ3v) is 7.21. The lowest BCUT2D eigenvalue weighted by molar-refractivity contribution is -0.129. The zero-order valence-electron chi connectivity index (χ0n) is 18.5. The van der Waals surface area contributed by atoms with Gasteiger partial charge in [0, 0.05) is 23.8 Å². The average Bonchev–Trinajstić information content (AvgIpc) is 3.57. The molecule has 0 amide bonds. The first-order valence-corrected chi connectivity index (χ1v) is 11.7. The molecule has 2 aliphatic rings. The van der Waals surface area contributed by atoms with Crippen molar-refractivity contribution in [2.75, 3.05) is 14.2 Å². The van der Waals surface area contributed by atoms with Gasteiger partial charge in [-0.25, -0.2) is 0 Å². The van der Waals surface area contributed by atoms with Crippen LogP contribution in [0.5, 0.6) is 17.2 Å². The Bertz CT molecular complexity index is 1320. The number of ketones is 2. The average molecular weight is 502 g/mol. The zero-order valence-corrected chi connectivity index (χ0v) is 20.1. The Hall–Kier alpha value is -3.37. The van der Waals surface area contributed by atoms with E-state index in [1.165, 1.54) is 37.7 Å². The van der Waals surface area contributed by atoms with Crippen molar-refractivity contribution in [3.63, 3.8) is 0 Å². The van der Waals surface area contributed by atoms with Crippen LogP contribution in [0.1, 0.15) is 29.6 Å². The number of thiophene rings is 1. The van der Waals surface area contributed by atoms with Gasteiger partial charge >= 0.3 is 0 Å². The Kier molecular flexibility index (Phi) is 5.57. The summed E-state index contributed by atoms with van der Waals surface area (Å²) in [4.78, 5) is 32.1. The van der Waals surface area contributed by atoms with Gasteiger partial charge in [0.05, 0.1) is 25.6 Å². The van der Waals surface area contributed by atoms with Crippen LogP contribution >= 0.6 is 22.9 Å². The predicted molar refractivity (Wildman–Crippen MR) is 124 cm³/mol. The maximum absolute atomic E-state index is 13.5. The molecule has 0 saturated carbocycles. The van der Waals surface area contributed by atoms with Crippen LogP contribution in [0.25, 0.3) is 10.7 Å². The quantitative estimate of drug-likeness (QED) is 0.499. The van der Waals surface area contributed by atoms with Gasteiger partial charge in [-0.1, -0.05) is 29.7 Å². The molecule has 5 rings (SSSR count). The maximum Gasteiger partial charge on any atom is 0.246 e. The number of halogens is 1. The highest BCUT2D eigenvalue weighted by Gasteiger charge is 2.60. The van der Waals surface area contributed by atoms with Gasteiger partial charge in [-0.2, -0.15) is 4.98 Å². The number of hydrogen-bond donors (Lipinski definition) is 1. The molecule has 3 heterocycles. The van der Waals surface area contributed by atoms with Crippen LogP contribution in [0.2, 0.25) is 5.02 Å². The van der Waals surface area contributed by atoms with E-state index < -0.39 is 23.1 Å². The van der Waals surface area contributed by atoms with E-state index in [9.17, 15) is 9.59 Å². The molecule has 2 atom stereocenters. The molecule has 1 N–H and O–H groups in total. The largest absolute Gasteiger partial charge is 0.496 e. The van der Waals surface area contributed by atoms with Crippen LogP contribution in [-0.4, -0.2) is 41.5 Å². The molecule has 0 unspecified atom stereocenters. The number of ether oxygens (including phenoxy) is 3. The summed E-state index contributed by atoms with van der Waals surface area (Å²) in [6.45, 7) is 2.03. The number of carbonyl (C=O) groups is 2. The minimum Gasteiger partial charge on any atom is -0.496 e. The predicted octanol–water partition coefficient (Wildman–Crippen LogP) is 4.07. The summed E-state index contributed by atoms with van der Waals surface area (Å²) in [5.41, 5.74) is -0.930. The van der Waals surface area contributed by atoms with Crippen LogP contribution in [0.3, 0.4) is 0 Å². The van der Waals surface area contributed by atoms with Gasteiger partial charge in [-0.05, 0) is 17.9 Å². The number of Topliss-reactive ketones (excluding diaryl/α,β-unsaturated/α-hetero) is 1. The van der Waals surface area contributed by atoms with Gasteiger partial charge in [-0.15, -0.1) is 11.3 Å². The van der Waals surface area contributed by atoms with Crippen LogP contribution in [0.15, 0.2) is 39.9 Å². The molecule has 9 nitrogen and oxygen atoms in total. The summed E-state index contributed by atoms with van der Waals surface area (Å²) in [7, 11) is 2.87. The van der Waals surface area contributed by atoms with E-state index in [2.05, 4.69) is 15.5 Å². The SMILES string of the molecule is COc1cc(OC)c2c(c1Cl)O[C@@]1(C(=O)C=C(NCc3nc(-c4cccs4)no3)C[C@H]1C)C2=O. The molecule has 11 heteroatoms. The van der Waals surface area contributed by atoms with Crippen molar-refractivity contribution in [1.82, 2.24) is 15.5 Å². The summed E-state index contributed by atoms with van der Waals surface area (Å²) in [5, 5.41) is 9.20. The molecule has 0 bridgehead atoms. The number of benzene rings is 1. The van der Waals surface area contributed by atoms with Crippen molar-refractivity contribution in [2.45, 2.75) is 25.5 Å². The third-order valence-electron chi connectivity index (χ3n) is 5.99. The molecule has 34 heavy (non-hydrogen) atoms. The van der Waals surface area contributed by atoms with E-state index in [0.29, 0.717) is 23.8 Å². The number of aromatic nitrogens is 2. The van der Waals surface area contributed by atoms with Crippen molar-refractivity contribution >= 4 is 34.5 Å². The fourth-order valence-electron chi connectivity index (χ4n) is 4.27. The van der Waals surface area contributed by atoms with Crippen molar-refractivity contribution in [1.29, 1.82) is 0 Å². The minimum absolute atomic E-state index is 0.0971. The Labute approximate surface area is 203 Å². The van der Waals surface area contributed by atoms with Gasteiger partial charge in [0.1, 0.15) is 22.1 Å². The first kappa shape index (κ1) is 22.4. The molecule has 2 aromatic heterocycles. The zero-order chi connectivity index (χ0) is 24.0. The highest BCUT2D eigenvalue weighted by Crippen LogP contribution is 2.52. The van der Waals surface area contributed by atoms with Gasteiger partial charge in [0.25, 0.3) is 0 Å². The second-order valence-electron chi connectivity index (χ2n) is 7.95. The molecule has 3 aromatic rings. The van der Waals surface area contributed by atoms with E-state index in [1.807, 2.05) is 17.5 Å². The summed E-state index contributed by atoms with van der Waals surface area (Å²) in [6.07, 6.45) is 1.77. The lowest BCUT2D eigenvalue weighted by atomic mass is 9.74. The number of allylic oxidation sites excluding steroid dienone is 1. The fraction of sp³-hybridized carbons (Fsp3) is 0.304. The third kappa shape index (κ3) is 3.36. The van der Waals surface area contributed by atoms with E-state index in [4.69, 9.17) is 30.3 Å². The Morgan fingerprint density at radius 2 is 2.09 bits per heavy atom. The molecule has 1 spiro atoms. The molecule has 1 aliphatic carbocycles. The van der Waals surface area contributed by atoms with Gasteiger partial charge in [-0.3, -0.25) is 9.59 Å². The van der Waals surface area contributed by atoms with Crippen LogP contribution in [0.4, 0.5) is 0 Å². The summed E-state index contributed by atoms with van der Waals surface area (Å²) < 4.78 is 22.0. The molecule has 0 saturated heterocycles. The maximum atomic E-state index is 13.5. The van der Waals surface area contributed by atoms with Crippen molar-refractivity contribution in [2.24, 2.45) is 5.92 Å². The molecular formula is C23H20ClN3O6S. The van der Waals surface area contributed by atoms with Crippen molar-refractivity contribution in [3.8, 4) is 28.0 Å². The van der Waals surface area contributed by atoms with E-state index >= 15 is 0 Å². The van der Waals surface area contributed by atoms with Crippen LogP contribution in [-0.2, 0) is 11.3 Å². The van der Waals surface area contributed by atoms with E-state index in [-0.39, 0.29) is 34.4 Å². The number of fused-ring (bicyclic) bond motifs is 1. The molecule has 0 fully saturated rings. The van der Waals surface area contributed by atoms with Crippen LogP contribution < -0.4 is 19.5 Å². The highest BCUT2D eigenvalue weighted by atomic mass is 35.5. The second kappa shape index (κ2) is 8.44. The number of methoxy groups -OCH3 is 2. The first-order valence-electron chi connectivity index (χ1n) is 10.4. The summed E-state index contributed by atoms with van der Waals surface area (Å²) >= 11 is 7.93. The lowest BCUT2D eigenvalue weighted by Gasteiger charge is -2.35.